The number of rotatable bonds is 3. The Balaban J connectivity index is 1.39. The molecule has 0 aliphatic heterocycles. The Bertz CT molecular complexity index is 2320. The van der Waals surface area contributed by atoms with Gasteiger partial charge in [0.15, 0.2) is 5.69 Å². The van der Waals surface area contributed by atoms with Gasteiger partial charge in [-0.1, -0.05) is 72.8 Å². The van der Waals surface area contributed by atoms with E-state index in [0.29, 0.717) is 11.3 Å². The van der Waals surface area contributed by atoms with Crippen molar-refractivity contribution in [2.75, 3.05) is 0 Å². The van der Waals surface area contributed by atoms with E-state index in [1.807, 2.05) is 36.4 Å². The van der Waals surface area contributed by atoms with Crippen LogP contribution in [0.15, 0.2) is 133 Å². The Hall–Kier alpha value is -6.10. The van der Waals surface area contributed by atoms with E-state index < -0.39 is 0 Å². The summed E-state index contributed by atoms with van der Waals surface area (Å²) in [6, 6.07) is 48.1. The molecule has 194 valence electrons. The summed E-state index contributed by atoms with van der Waals surface area (Å²) in [6.07, 6.45) is 0. The Kier molecular flexibility index (Phi) is 5.22. The third-order valence-corrected chi connectivity index (χ3v) is 8.15. The van der Waals surface area contributed by atoms with Crippen molar-refractivity contribution < 1.29 is 0 Å². The zero-order chi connectivity index (χ0) is 28.2. The Labute approximate surface area is 242 Å². The first kappa shape index (κ1) is 23.8. The maximum atomic E-state index is 9.62. The monoisotopic (exact) mass is 534 g/mol. The van der Waals surface area contributed by atoms with Crippen LogP contribution < -0.4 is 0 Å². The molecule has 0 radical (unpaired) electrons. The molecule has 0 bridgehead atoms. The minimum Gasteiger partial charge on any atom is -0.309 e. The highest BCUT2D eigenvalue weighted by Crippen LogP contribution is 2.39. The molecule has 6 aromatic carbocycles. The lowest BCUT2D eigenvalue weighted by atomic mass is 10.0. The van der Waals surface area contributed by atoms with Crippen molar-refractivity contribution in [2.45, 2.75) is 0 Å². The Morgan fingerprint density at radius 1 is 0.548 bits per heavy atom. The van der Waals surface area contributed by atoms with Crippen LogP contribution in [-0.4, -0.2) is 9.13 Å². The van der Waals surface area contributed by atoms with Gasteiger partial charge in [-0.2, -0.15) is 5.26 Å². The van der Waals surface area contributed by atoms with Crippen LogP contribution in [0.5, 0.6) is 0 Å². The number of benzene rings is 6. The molecule has 0 spiro atoms. The SMILES string of the molecule is [C-]#[N+]c1ccc2c(c1)c1cc(C#N)ccc1n2-c1ccccc1-c1cccc(-n2c3ccccc3c3ccccc32)c1. The van der Waals surface area contributed by atoms with Crippen LogP contribution in [0.3, 0.4) is 0 Å². The van der Waals surface area contributed by atoms with Crippen molar-refractivity contribution in [1.29, 1.82) is 5.26 Å². The summed E-state index contributed by atoms with van der Waals surface area (Å²) in [7, 11) is 0. The van der Waals surface area contributed by atoms with Gasteiger partial charge in [0, 0.05) is 27.4 Å². The normalized spacial score (nSPS) is 11.3. The summed E-state index contributed by atoms with van der Waals surface area (Å²) < 4.78 is 4.59. The average molecular weight is 535 g/mol. The summed E-state index contributed by atoms with van der Waals surface area (Å²) in [4.78, 5) is 3.67. The fourth-order valence-corrected chi connectivity index (χ4v) is 6.34. The van der Waals surface area contributed by atoms with Gasteiger partial charge in [-0.25, -0.2) is 4.85 Å². The lowest BCUT2D eigenvalue weighted by Gasteiger charge is -2.15. The molecule has 42 heavy (non-hydrogen) atoms. The maximum Gasteiger partial charge on any atom is 0.188 e. The fourth-order valence-electron chi connectivity index (χ4n) is 6.34. The van der Waals surface area contributed by atoms with Gasteiger partial charge < -0.3 is 9.13 Å². The molecule has 8 aromatic rings. The molecule has 0 N–H and O–H groups in total. The number of aromatic nitrogens is 2. The van der Waals surface area contributed by atoms with E-state index in [1.54, 1.807) is 0 Å². The van der Waals surface area contributed by atoms with Crippen LogP contribution in [0.1, 0.15) is 5.56 Å². The first-order valence-electron chi connectivity index (χ1n) is 13.8. The van der Waals surface area contributed by atoms with Crippen molar-refractivity contribution in [3.8, 4) is 28.6 Å². The van der Waals surface area contributed by atoms with E-state index in [1.165, 1.54) is 21.8 Å². The van der Waals surface area contributed by atoms with Gasteiger partial charge in [0.2, 0.25) is 0 Å². The van der Waals surface area contributed by atoms with E-state index >= 15 is 0 Å². The standard InChI is InChI=1S/C38H22N4/c1-40-27-18-20-38-33(23-27)32-21-25(24-39)17-19-37(32)42(38)34-14-5-2-11-29(34)26-9-8-10-28(22-26)41-35-15-6-3-12-30(35)31-13-4-7-16-36(31)41/h2-23H. The number of nitrogens with zero attached hydrogens (tertiary/aromatic N) is 4. The van der Waals surface area contributed by atoms with Crippen molar-refractivity contribution >= 4 is 49.3 Å². The number of para-hydroxylation sites is 3. The Morgan fingerprint density at radius 3 is 1.93 bits per heavy atom. The van der Waals surface area contributed by atoms with Crippen molar-refractivity contribution in [1.82, 2.24) is 9.13 Å². The van der Waals surface area contributed by atoms with Crippen LogP contribution in [0, 0.1) is 17.9 Å². The first-order chi connectivity index (χ1) is 20.7. The van der Waals surface area contributed by atoms with Gasteiger partial charge in [0.05, 0.1) is 46.0 Å². The van der Waals surface area contributed by atoms with Gasteiger partial charge in [0.1, 0.15) is 0 Å². The summed E-state index contributed by atoms with van der Waals surface area (Å²) in [5.74, 6) is 0. The first-order valence-corrected chi connectivity index (χ1v) is 13.8. The molecular formula is C38H22N4. The van der Waals surface area contributed by atoms with Crippen LogP contribution in [0.25, 0.3) is 71.0 Å². The number of fused-ring (bicyclic) bond motifs is 6. The highest BCUT2D eigenvalue weighted by molar-refractivity contribution is 6.11. The molecule has 0 atom stereocenters. The lowest BCUT2D eigenvalue weighted by molar-refractivity contribution is 1.17. The van der Waals surface area contributed by atoms with Crippen LogP contribution in [0.2, 0.25) is 0 Å². The molecule has 4 heteroatoms. The molecule has 4 nitrogen and oxygen atoms in total. The summed E-state index contributed by atoms with van der Waals surface area (Å²) in [6.45, 7) is 7.57. The summed E-state index contributed by atoms with van der Waals surface area (Å²) in [5, 5.41) is 14.0. The lowest BCUT2D eigenvalue weighted by Crippen LogP contribution is -1.98. The smallest absolute Gasteiger partial charge is 0.188 e. The quantitative estimate of drug-likeness (QED) is 0.208. The van der Waals surface area contributed by atoms with Crippen molar-refractivity contribution in [3.63, 3.8) is 0 Å². The fraction of sp³-hybridized carbons (Fsp3) is 0. The second-order valence-electron chi connectivity index (χ2n) is 10.4. The van der Waals surface area contributed by atoms with Gasteiger partial charge >= 0.3 is 0 Å². The Morgan fingerprint density at radius 2 is 1.19 bits per heavy atom. The average Bonchev–Trinajstić information content (AvgIpc) is 3.57. The van der Waals surface area contributed by atoms with Gasteiger partial charge in [0.25, 0.3) is 0 Å². The molecule has 0 saturated heterocycles. The van der Waals surface area contributed by atoms with E-state index in [2.05, 4.69) is 117 Å². The topological polar surface area (TPSA) is 38.0 Å². The van der Waals surface area contributed by atoms with Gasteiger partial charge in [-0.3, -0.25) is 0 Å². The third kappa shape index (κ3) is 3.47. The minimum absolute atomic E-state index is 0.580. The molecule has 0 amide bonds. The van der Waals surface area contributed by atoms with Crippen LogP contribution >= 0.6 is 0 Å². The molecule has 0 aliphatic rings. The molecule has 8 rings (SSSR count). The number of nitriles is 1. The zero-order valence-corrected chi connectivity index (χ0v) is 22.5. The minimum atomic E-state index is 0.580. The molecule has 0 fully saturated rings. The predicted molar refractivity (Wildman–Crippen MR) is 172 cm³/mol. The van der Waals surface area contributed by atoms with E-state index in [9.17, 15) is 5.26 Å². The highest BCUT2D eigenvalue weighted by Gasteiger charge is 2.17. The third-order valence-electron chi connectivity index (χ3n) is 8.15. The highest BCUT2D eigenvalue weighted by atomic mass is 15.0. The summed E-state index contributed by atoms with van der Waals surface area (Å²) in [5.41, 5.74) is 9.86. The predicted octanol–water partition coefficient (Wildman–Crippen LogP) is 9.97. The second kappa shape index (κ2) is 9.24. The summed E-state index contributed by atoms with van der Waals surface area (Å²) >= 11 is 0. The van der Waals surface area contributed by atoms with Gasteiger partial charge in [-0.05, 0) is 71.6 Å². The van der Waals surface area contributed by atoms with Crippen LogP contribution in [-0.2, 0) is 0 Å². The molecule has 0 saturated carbocycles. The molecule has 0 unspecified atom stereocenters. The number of hydrogen-bond acceptors (Lipinski definition) is 1. The molecule has 2 aromatic heterocycles. The van der Waals surface area contributed by atoms with Crippen LogP contribution in [0.4, 0.5) is 5.69 Å². The maximum absolute atomic E-state index is 9.62. The van der Waals surface area contributed by atoms with Crippen molar-refractivity contribution in [2.24, 2.45) is 0 Å². The second-order valence-corrected chi connectivity index (χ2v) is 10.4. The van der Waals surface area contributed by atoms with E-state index in [0.717, 1.165) is 44.3 Å². The van der Waals surface area contributed by atoms with Crippen molar-refractivity contribution in [3.05, 3.63) is 150 Å². The zero-order valence-electron chi connectivity index (χ0n) is 22.5. The molecule has 0 aliphatic carbocycles. The van der Waals surface area contributed by atoms with Gasteiger partial charge in [-0.15, -0.1) is 0 Å². The van der Waals surface area contributed by atoms with E-state index in [4.69, 9.17) is 6.57 Å². The molecule has 2 heterocycles. The largest absolute Gasteiger partial charge is 0.309 e. The number of hydrogen-bond donors (Lipinski definition) is 0. The van der Waals surface area contributed by atoms with E-state index in [-0.39, 0.29) is 0 Å². The molecular weight excluding hydrogens is 512 g/mol.